The number of carbonyl (C=O) groups excluding carboxylic acids is 1. The summed E-state index contributed by atoms with van der Waals surface area (Å²) in [5, 5.41) is 0. The molecule has 2 aromatic carbocycles. The third-order valence-corrected chi connectivity index (χ3v) is 9.26. The Labute approximate surface area is 222 Å². The average molecular weight is 534 g/mol. The Hall–Kier alpha value is -3.50. The maximum absolute atomic E-state index is 13.6. The topological polar surface area (TPSA) is 105 Å². The number of benzene rings is 2. The number of fused-ring (bicyclic) bond motifs is 8. The van der Waals surface area contributed by atoms with Gasteiger partial charge in [0.25, 0.3) is 15.9 Å². The first-order valence-electron chi connectivity index (χ1n) is 12.9. The normalized spacial score (nSPS) is 24.7. The van der Waals surface area contributed by atoms with Crippen molar-refractivity contribution in [3.8, 4) is 17.1 Å². The van der Waals surface area contributed by atoms with Crippen molar-refractivity contribution in [1.29, 1.82) is 0 Å². The van der Waals surface area contributed by atoms with E-state index >= 15 is 0 Å². The van der Waals surface area contributed by atoms with Crippen molar-refractivity contribution < 1.29 is 17.9 Å². The fraction of sp³-hybridized carbons (Fsp3) is 0.393. The number of nitrogens with zero attached hydrogens (tertiary/aromatic N) is 4. The molecule has 2 saturated heterocycles. The largest absolute Gasteiger partial charge is 0.471 e. The van der Waals surface area contributed by atoms with E-state index in [0.717, 1.165) is 36.1 Å². The smallest absolute Gasteiger partial charge is 0.264 e. The molecule has 0 saturated carbocycles. The Morgan fingerprint density at radius 2 is 1.79 bits per heavy atom. The maximum atomic E-state index is 13.6. The minimum atomic E-state index is -4.06. The van der Waals surface area contributed by atoms with Gasteiger partial charge in [-0.2, -0.15) is 4.98 Å². The van der Waals surface area contributed by atoms with Crippen LogP contribution in [0, 0.1) is 19.8 Å². The van der Waals surface area contributed by atoms with Crippen molar-refractivity contribution >= 4 is 21.9 Å². The molecule has 4 heterocycles. The standard InChI is InChI=1S/C28H31N5O4S/c1-17-7-4-8-18(2)25(17)22-14-24-30-28(29-22)31-38(35,36)21-11-5-9-19(13-21)27(34)33-15-20-10-6-12-32(3)26(20)23(16-33)37-24/h4-5,7-9,11,13-14,20,23,26H,6,10,12,15-16H2,1-3H3,(H,29,30,31)/t20?,23-,26?/m1/s1. The van der Waals surface area contributed by atoms with Gasteiger partial charge in [0.2, 0.25) is 11.8 Å². The van der Waals surface area contributed by atoms with E-state index in [-0.39, 0.29) is 40.7 Å². The van der Waals surface area contributed by atoms with Crippen LogP contribution in [0.4, 0.5) is 5.95 Å². The molecule has 6 bridgehead atoms. The van der Waals surface area contributed by atoms with E-state index in [4.69, 9.17) is 4.74 Å². The summed E-state index contributed by atoms with van der Waals surface area (Å²) in [5.74, 6) is 0.247. The van der Waals surface area contributed by atoms with Crippen LogP contribution >= 0.6 is 0 Å². The summed E-state index contributed by atoms with van der Waals surface area (Å²) >= 11 is 0. The van der Waals surface area contributed by atoms with Gasteiger partial charge in [-0.3, -0.25) is 9.69 Å². The summed E-state index contributed by atoms with van der Waals surface area (Å²) in [4.78, 5) is 26.8. The van der Waals surface area contributed by atoms with Gasteiger partial charge >= 0.3 is 0 Å². The zero-order valence-corrected chi connectivity index (χ0v) is 22.5. The highest BCUT2D eigenvalue weighted by atomic mass is 32.2. The summed E-state index contributed by atoms with van der Waals surface area (Å²) in [6.45, 7) is 5.93. The van der Waals surface area contributed by atoms with Crippen LogP contribution in [0.25, 0.3) is 11.3 Å². The molecule has 1 amide bonds. The lowest BCUT2D eigenvalue weighted by molar-refractivity contribution is -0.0394. The molecule has 9 nitrogen and oxygen atoms in total. The third-order valence-electron chi connectivity index (χ3n) is 7.93. The van der Waals surface area contributed by atoms with Gasteiger partial charge in [0.1, 0.15) is 6.10 Å². The van der Waals surface area contributed by atoms with E-state index in [1.807, 2.05) is 32.0 Å². The van der Waals surface area contributed by atoms with Gasteiger partial charge in [0.05, 0.1) is 23.2 Å². The van der Waals surface area contributed by atoms with E-state index in [2.05, 4.69) is 26.6 Å². The predicted octanol–water partition coefficient (Wildman–Crippen LogP) is 3.49. The zero-order valence-electron chi connectivity index (χ0n) is 21.7. The number of likely N-dealkylation sites (N-methyl/N-ethyl adjacent to an activating group) is 1. The Morgan fingerprint density at radius 3 is 2.58 bits per heavy atom. The van der Waals surface area contributed by atoms with Gasteiger partial charge < -0.3 is 9.64 Å². The van der Waals surface area contributed by atoms with Crippen molar-refractivity contribution in [3.05, 3.63) is 65.2 Å². The number of hydrogen-bond acceptors (Lipinski definition) is 7. The monoisotopic (exact) mass is 533 g/mol. The third kappa shape index (κ3) is 4.41. The van der Waals surface area contributed by atoms with Crippen LogP contribution in [-0.4, -0.2) is 72.9 Å². The van der Waals surface area contributed by atoms with Crippen LogP contribution in [0.1, 0.15) is 34.3 Å². The van der Waals surface area contributed by atoms with Crippen molar-refractivity contribution in [1.82, 2.24) is 19.8 Å². The summed E-state index contributed by atoms with van der Waals surface area (Å²) in [5.41, 5.74) is 3.83. The van der Waals surface area contributed by atoms with Gasteiger partial charge in [-0.05, 0) is 75.5 Å². The molecule has 3 aliphatic heterocycles. The number of ether oxygens (including phenoxy) is 1. The summed E-state index contributed by atoms with van der Waals surface area (Å²) < 4.78 is 35.9. The van der Waals surface area contributed by atoms with E-state index in [1.165, 1.54) is 12.1 Å². The van der Waals surface area contributed by atoms with Crippen LogP contribution in [-0.2, 0) is 10.0 Å². The lowest BCUT2D eigenvalue weighted by atomic mass is 9.82. The Bertz CT molecular complexity index is 1510. The average Bonchev–Trinajstić information content (AvgIpc) is 2.87. The molecule has 2 fully saturated rings. The number of carbonyl (C=O) groups is 1. The van der Waals surface area contributed by atoms with E-state index in [1.54, 1.807) is 23.1 Å². The molecule has 1 N–H and O–H groups in total. The van der Waals surface area contributed by atoms with E-state index < -0.39 is 10.0 Å². The number of anilines is 1. The molecule has 3 aromatic rings. The first-order valence-corrected chi connectivity index (χ1v) is 14.4. The Kier molecular flexibility index (Phi) is 6.11. The van der Waals surface area contributed by atoms with Crippen LogP contribution in [0.3, 0.4) is 0 Å². The zero-order chi connectivity index (χ0) is 26.6. The van der Waals surface area contributed by atoms with Gasteiger partial charge in [0, 0.05) is 23.7 Å². The van der Waals surface area contributed by atoms with Gasteiger partial charge in [0.15, 0.2) is 0 Å². The number of aromatic nitrogens is 2. The lowest BCUT2D eigenvalue weighted by Crippen LogP contribution is -2.63. The highest BCUT2D eigenvalue weighted by Crippen LogP contribution is 2.35. The number of aryl methyl sites for hydroxylation is 2. The highest BCUT2D eigenvalue weighted by Gasteiger charge is 2.44. The lowest BCUT2D eigenvalue weighted by Gasteiger charge is -2.49. The molecule has 2 unspecified atom stereocenters. The molecule has 3 atom stereocenters. The molecule has 198 valence electrons. The molecule has 3 aliphatic rings. The predicted molar refractivity (Wildman–Crippen MR) is 144 cm³/mol. The first kappa shape index (κ1) is 24.8. The summed E-state index contributed by atoms with van der Waals surface area (Å²) in [6, 6.07) is 14.0. The van der Waals surface area contributed by atoms with Gasteiger partial charge in [-0.1, -0.05) is 24.3 Å². The van der Waals surface area contributed by atoms with Gasteiger partial charge in [-0.25, -0.2) is 18.1 Å². The number of likely N-dealkylation sites (tertiary alicyclic amines) is 1. The fourth-order valence-corrected chi connectivity index (χ4v) is 7.20. The molecule has 10 heteroatoms. The van der Waals surface area contributed by atoms with E-state index in [0.29, 0.717) is 24.3 Å². The van der Waals surface area contributed by atoms with Gasteiger partial charge in [-0.15, -0.1) is 0 Å². The van der Waals surface area contributed by atoms with Crippen LogP contribution in [0.15, 0.2) is 53.4 Å². The number of nitrogens with one attached hydrogen (secondary N) is 1. The van der Waals surface area contributed by atoms with Crippen LogP contribution in [0.2, 0.25) is 0 Å². The Morgan fingerprint density at radius 1 is 1.03 bits per heavy atom. The number of piperidine rings is 2. The molecule has 1 aromatic heterocycles. The second-order valence-electron chi connectivity index (χ2n) is 10.6. The molecule has 0 aliphatic carbocycles. The number of rotatable bonds is 1. The Balaban J connectivity index is 1.54. The maximum Gasteiger partial charge on any atom is 0.264 e. The number of amides is 1. The second kappa shape index (κ2) is 9.36. The molecule has 38 heavy (non-hydrogen) atoms. The number of hydrogen-bond donors (Lipinski definition) is 1. The SMILES string of the molecule is Cc1cccc(C)c1-c1cc2nc(n1)NS(=O)(=O)c1cccc(c1)C(=O)N1CC3CCCN(C)C3[C@@H](C1)O2. The second-order valence-corrected chi connectivity index (χ2v) is 12.2. The molecular formula is C28H31N5O4S. The summed E-state index contributed by atoms with van der Waals surface area (Å²) in [6.07, 6.45) is 1.72. The summed E-state index contributed by atoms with van der Waals surface area (Å²) in [7, 11) is -1.96. The van der Waals surface area contributed by atoms with Crippen molar-refractivity contribution in [2.24, 2.45) is 5.92 Å². The van der Waals surface area contributed by atoms with Crippen LogP contribution in [0.5, 0.6) is 5.88 Å². The quantitative estimate of drug-likeness (QED) is 0.511. The molecule has 0 spiro atoms. The molecular weight excluding hydrogens is 502 g/mol. The van der Waals surface area contributed by atoms with E-state index in [9.17, 15) is 13.2 Å². The molecule has 0 radical (unpaired) electrons. The van der Waals surface area contributed by atoms with Crippen LogP contribution < -0.4 is 9.46 Å². The minimum absolute atomic E-state index is 0.0185. The first-order chi connectivity index (χ1) is 18.2. The highest BCUT2D eigenvalue weighted by molar-refractivity contribution is 7.92. The minimum Gasteiger partial charge on any atom is -0.471 e. The molecule has 6 rings (SSSR count). The fourth-order valence-electron chi connectivity index (χ4n) is 6.22. The van der Waals surface area contributed by atoms with Crippen molar-refractivity contribution in [2.45, 2.75) is 43.7 Å². The number of sulfonamides is 1. The van der Waals surface area contributed by atoms with Crippen molar-refractivity contribution in [2.75, 3.05) is 31.4 Å². The van der Waals surface area contributed by atoms with Crippen molar-refractivity contribution in [3.63, 3.8) is 0 Å².